The van der Waals surface area contributed by atoms with Crippen LogP contribution in [-0.4, -0.2) is 5.66 Å². The number of benzene rings is 1. The molecule has 1 aromatic rings. The highest BCUT2D eigenvalue weighted by atomic mass is 15.7. The summed E-state index contributed by atoms with van der Waals surface area (Å²) in [5, 5.41) is 5.35. The molecule has 0 aromatic heterocycles. The fourth-order valence-electron chi connectivity index (χ4n) is 2.18. The molecule has 1 aliphatic rings. The molecule has 0 saturated carbocycles. The largest absolute Gasteiger partial charge is 0.352 e. The van der Waals surface area contributed by atoms with Crippen LogP contribution in [0, 0.1) is 20.8 Å². The molecule has 2 N–H and O–H groups in total. The smallest absolute Gasteiger partial charge is 0.115 e. The number of nitrogens with one attached hydrogen (secondary N) is 2. The van der Waals surface area contributed by atoms with E-state index < -0.39 is 0 Å². The fraction of sp³-hybridized carbons (Fsp3) is 0.429. The second-order valence-electron chi connectivity index (χ2n) is 5.37. The summed E-state index contributed by atoms with van der Waals surface area (Å²) in [4.78, 5) is 0. The molecule has 1 aromatic carbocycles. The zero-order valence-electron chi connectivity index (χ0n) is 11.3. The van der Waals surface area contributed by atoms with Gasteiger partial charge in [0.15, 0.2) is 0 Å². The standard InChI is InChI=1S/C14H21N3/c1-9-7-11(3)13(8-10(9)2)17-12(4)15-14(5,6)16-17/h7-8,15-16H,4H2,1-3,5-6H3. The summed E-state index contributed by atoms with van der Waals surface area (Å²) in [6.45, 7) is 14.6. The lowest BCUT2D eigenvalue weighted by Crippen LogP contribution is -2.45. The van der Waals surface area contributed by atoms with Crippen molar-refractivity contribution < 1.29 is 0 Å². The van der Waals surface area contributed by atoms with E-state index >= 15 is 0 Å². The maximum atomic E-state index is 4.05. The summed E-state index contributed by atoms with van der Waals surface area (Å²) < 4.78 is 0. The monoisotopic (exact) mass is 231 g/mol. The highest BCUT2D eigenvalue weighted by Crippen LogP contribution is 2.28. The van der Waals surface area contributed by atoms with Gasteiger partial charge < -0.3 is 5.32 Å². The van der Waals surface area contributed by atoms with Crippen LogP contribution in [0.3, 0.4) is 0 Å². The van der Waals surface area contributed by atoms with Crippen LogP contribution < -0.4 is 15.8 Å². The van der Waals surface area contributed by atoms with Crippen LogP contribution in [-0.2, 0) is 0 Å². The van der Waals surface area contributed by atoms with Gasteiger partial charge in [0.2, 0.25) is 0 Å². The van der Waals surface area contributed by atoms with E-state index in [2.05, 4.69) is 64.1 Å². The SMILES string of the molecule is C=C1NC(C)(C)NN1c1cc(C)c(C)cc1C. The van der Waals surface area contributed by atoms with Crippen molar-refractivity contribution in [3.63, 3.8) is 0 Å². The first-order valence-electron chi connectivity index (χ1n) is 5.93. The first-order valence-corrected chi connectivity index (χ1v) is 5.93. The third-order valence-electron chi connectivity index (χ3n) is 3.17. The molecule has 0 spiro atoms. The summed E-state index contributed by atoms with van der Waals surface area (Å²) in [6.07, 6.45) is 0. The van der Waals surface area contributed by atoms with E-state index in [1.165, 1.54) is 16.7 Å². The molecular formula is C14H21N3. The zero-order chi connectivity index (χ0) is 12.8. The van der Waals surface area contributed by atoms with Crippen molar-refractivity contribution in [3.05, 3.63) is 41.2 Å². The molecule has 1 heterocycles. The number of hydrogen-bond acceptors (Lipinski definition) is 3. The van der Waals surface area contributed by atoms with Gasteiger partial charge in [0, 0.05) is 0 Å². The van der Waals surface area contributed by atoms with Crippen molar-refractivity contribution in [2.24, 2.45) is 0 Å². The first-order chi connectivity index (χ1) is 7.80. The van der Waals surface area contributed by atoms with Gasteiger partial charge in [-0.15, -0.1) is 0 Å². The molecular weight excluding hydrogens is 210 g/mol. The number of anilines is 1. The maximum Gasteiger partial charge on any atom is 0.115 e. The van der Waals surface area contributed by atoms with Gasteiger partial charge in [-0.05, 0) is 57.4 Å². The van der Waals surface area contributed by atoms with Crippen molar-refractivity contribution in [3.8, 4) is 0 Å². The number of rotatable bonds is 1. The molecule has 0 radical (unpaired) electrons. The second-order valence-corrected chi connectivity index (χ2v) is 5.37. The average molecular weight is 231 g/mol. The molecule has 3 nitrogen and oxygen atoms in total. The Morgan fingerprint density at radius 1 is 1.06 bits per heavy atom. The molecule has 1 aliphatic heterocycles. The van der Waals surface area contributed by atoms with Crippen LogP contribution in [0.2, 0.25) is 0 Å². The topological polar surface area (TPSA) is 27.3 Å². The van der Waals surface area contributed by atoms with E-state index in [0.717, 1.165) is 11.5 Å². The Kier molecular flexibility index (Phi) is 2.66. The van der Waals surface area contributed by atoms with E-state index in [0.29, 0.717) is 0 Å². The van der Waals surface area contributed by atoms with Gasteiger partial charge in [0.05, 0.1) is 5.69 Å². The fourth-order valence-corrected chi connectivity index (χ4v) is 2.18. The molecule has 92 valence electrons. The summed E-state index contributed by atoms with van der Waals surface area (Å²) in [5.41, 5.74) is 8.29. The third-order valence-corrected chi connectivity index (χ3v) is 3.17. The Morgan fingerprint density at radius 2 is 1.65 bits per heavy atom. The Morgan fingerprint density at radius 3 is 2.18 bits per heavy atom. The minimum absolute atomic E-state index is 0.150. The van der Waals surface area contributed by atoms with Gasteiger partial charge in [-0.1, -0.05) is 12.6 Å². The minimum atomic E-state index is -0.150. The third kappa shape index (κ3) is 2.15. The molecule has 3 heteroatoms. The lowest BCUT2D eigenvalue weighted by atomic mass is 10.0. The van der Waals surface area contributed by atoms with Gasteiger partial charge in [-0.25, -0.2) is 5.43 Å². The highest BCUT2D eigenvalue weighted by molar-refractivity contribution is 5.60. The zero-order valence-corrected chi connectivity index (χ0v) is 11.3. The van der Waals surface area contributed by atoms with Gasteiger partial charge in [-0.3, -0.25) is 5.01 Å². The van der Waals surface area contributed by atoms with E-state index in [1.54, 1.807) is 0 Å². The molecule has 0 unspecified atom stereocenters. The van der Waals surface area contributed by atoms with Gasteiger partial charge in [-0.2, -0.15) is 0 Å². The van der Waals surface area contributed by atoms with Gasteiger partial charge in [0.1, 0.15) is 11.5 Å². The lowest BCUT2D eigenvalue weighted by molar-refractivity contribution is 0.410. The quantitative estimate of drug-likeness (QED) is 0.778. The van der Waals surface area contributed by atoms with Gasteiger partial charge >= 0.3 is 0 Å². The van der Waals surface area contributed by atoms with Crippen LogP contribution in [0.4, 0.5) is 5.69 Å². The van der Waals surface area contributed by atoms with Gasteiger partial charge in [0.25, 0.3) is 0 Å². The predicted molar refractivity (Wildman–Crippen MR) is 72.6 cm³/mol. The van der Waals surface area contributed by atoms with Crippen LogP contribution in [0.1, 0.15) is 30.5 Å². The van der Waals surface area contributed by atoms with E-state index in [1.807, 2.05) is 5.01 Å². The number of aryl methyl sites for hydroxylation is 3. The Hall–Kier alpha value is -1.48. The number of hydrogen-bond donors (Lipinski definition) is 2. The van der Waals surface area contributed by atoms with Crippen LogP contribution in [0.25, 0.3) is 0 Å². The van der Waals surface area contributed by atoms with Crippen molar-refractivity contribution in [1.82, 2.24) is 10.7 Å². The summed E-state index contributed by atoms with van der Waals surface area (Å²) in [6, 6.07) is 4.41. The highest BCUT2D eigenvalue weighted by Gasteiger charge is 2.31. The predicted octanol–water partition coefficient (Wildman–Crippen LogP) is 2.73. The first kappa shape index (κ1) is 12.0. The van der Waals surface area contributed by atoms with Crippen LogP contribution in [0.5, 0.6) is 0 Å². The Balaban J connectivity index is 2.42. The average Bonchev–Trinajstić information content (AvgIpc) is 2.46. The lowest BCUT2D eigenvalue weighted by Gasteiger charge is -2.23. The van der Waals surface area contributed by atoms with E-state index in [9.17, 15) is 0 Å². The maximum absolute atomic E-state index is 4.05. The van der Waals surface area contributed by atoms with E-state index in [4.69, 9.17) is 0 Å². The Bertz CT molecular complexity index is 475. The van der Waals surface area contributed by atoms with Crippen molar-refractivity contribution in [1.29, 1.82) is 0 Å². The summed E-state index contributed by atoms with van der Waals surface area (Å²) in [5.74, 6) is 0.890. The molecule has 1 fully saturated rings. The molecule has 0 atom stereocenters. The number of nitrogens with zero attached hydrogens (tertiary/aromatic N) is 1. The summed E-state index contributed by atoms with van der Waals surface area (Å²) in [7, 11) is 0. The summed E-state index contributed by atoms with van der Waals surface area (Å²) >= 11 is 0. The Labute approximate surface area is 103 Å². The van der Waals surface area contributed by atoms with Crippen molar-refractivity contribution in [2.45, 2.75) is 40.3 Å². The second kappa shape index (κ2) is 3.77. The molecule has 0 bridgehead atoms. The normalized spacial score (nSPS) is 18.4. The molecule has 17 heavy (non-hydrogen) atoms. The van der Waals surface area contributed by atoms with Crippen molar-refractivity contribution in [2.75, 3.05) is 5.01 Å². The molecule has 1 saturated heterocycles. The minimum Gasteiger partial charge on any atom is -0.352 e. The van der Waals surface area contributed by atoms with E-state index in [-0.39, 0.29) is 5.66 Å². The molecule has 2 rings (SSSR count). The van der Waals surface area contributed by atoms with Crippen LogP contribution >= 0.6 is 0 Å². The molecule has 0 amide bonds. The molecule has 0 aliphatic carbocycles. The van der Waals surface area contributed by atoms with Crippen molar-refractivity contribution >= 4 is 5.69 Å². The van der Waals surface area contributed by atoms with Crippen LogP contribution in [0.15, 0.2) is 24.5 Å². The number of hydrazine groups is 1.